The summed E-state index contributed by atoms with van der Waals surface area (Å²) in [6, 6.07) is 34.5. The molecule has 0 aromatic heterocycles. The zero-order valence-electron chi connectivity index (χ0n) is 38.9. The molecule has 0 fully saturated rings. The van der Waals surface area contributed by atoms with Gasteiger partial charge in [0.25, 0.3) is 23.6 Å². The molecule has 6 aromatic carbocycles. The number of benzene rings is 6. The monoisotopic (exact) mass is 970 g/mol. The van der Waals surface area contributed by atoms with E-state index in [0.717, 1.165) is 17.3 Å². The van der Waals surface area contributed by atoms with Crippen LogP contribution in [0.25, 0.3) is 0 Å². The Morgan fingerprint density at radius 3 is 1.18 bits per heavy atom. The molecule has 0 bridgehead atoms. The van der Waals surface area contributed by atoms with Crippen LogP contribution in [0.4, 0.5) is 17.1 Å². The van der Waals surface area contributed by atoms with Crippen LogP contribution < -0.4 is 21.3 Å². The van der Waals surface area contributed by atoms with Crippen molar-refractivity contribution in [2.45, 2.75) is 30.6 Å². The lowest BCUT2D eigenvalue weighted by molar-refractivity contribution is -0.119. The fourth-order valence-electron chi connectivity index (χ4n) is 6.43. The molecule has 0 saturated heterocycles. The third kappa shape index (κ3) is 13.6. The lowest BCUT2D eigenvalue weighted by Crippen LogP contribution is -2.23. The molecular weight excluding hydrogens is 925 g/mol. The van der Waals surface area contributed by atoms with Crippen molar-refractivity contribution in [2.75, 3.05) is 36.2 Å². The lowest BCUT2D eigenvalue weighted by atomic mass is 10.0. The Labute approximate surface area is 412 Å². The molecule has 4 N–H and O–H groups in total. The first-order valence-electron chi connectivity index (χ1n) is 21.7. The quantitative estimate of drug-likeness (QED) is 0.0339. The number of esters is 2. The summed E-state index contributed by atoms with van der Waals surface area (Å²) in [6.45, 7) is 10.8. The van der Waals surface area contributed by atoms with Gasteiger partial charge in [0.2, 0.25) is 0 Å². The van der Waals surface area contributed by atoms with Crippen LogP contribution in [0.2, 0.25) is 0 Å². The predicted molar refractivity (Wildman–Crippen MR) is 268 cm³/mol. The van der Waals surface area contributed by atoms with Gasteiger partial charge in [0, 0.05) is 56.2 Å². The van der Waals surface area contributed by atoms with Gasteiger partial charge in [-0.25, -0.2) is 9.59 Å². The molecule has 0 saturated carbocycles. The van der Waals surface area contributed by atoms with E-state index in [1.807, 2.05) is 19.1 Å². The van der Waals surface area contributed by atoms with Crippen molar-refractivity contribution in [1.29, 1.82) is 0 Å². The Bertz CT molecular complexity index is 3130. The minimum Gasteiger partial charge on any atom is -0.454 e. The van der Waals surface area contributed by atoms with Gasteiger partial charge in [0.15, 0.2) is 30.6 Å². The van der Waals surface area contributed by atoms with Crippen molar-refractivity contribution in [3.8, 4) is 0 Å². The Kier molecular flexibility index (Phi) is 16.9. The maximum atomic E-state index is 13.9. The summed E-state index contributed by atoms with van der Waals surface area (Å²) in [4.78, 5) is 117. The highest BCUT2D eigenvalue weighted by molar-refractivity contribution is 7.99. The number of aryl methyl sites for hydroxylation is 1. The van der Waals surface area contributed by atoms with Crippen LogP contribution in [0.3, 0.4) is 0 Å². The number of rotatable bonds is 19. The standard InChI is InChI=1S/C55H46N4O11S/c1-31(2)47(60)29-69-54(67)43-25-23-41(27-45(43)52(65)56-6)71-42-24-26-44(55(68)70-30-48(61)32(3)4)46(28-42)53(66)59-40-21-15-37(16-22-40)51(64)58-39-19-13-35(14-20-39)49(62)34-11-17-38(18-12-34)57-50(63)36-9-7-33(5)8-10-36/h7-28H,1,3,29-30H2,2,4-6H3,(H,56,65)(H,57,63)(H,58,64)(H,59,66). The SMILES string of the molecule is C=C(C)C(=O)COC(=O)c1ccc(Sc2ccc(C(=O)OCC(=O)C(=C)C)c(C(=O)Nc3ccc(C(=O)Nc4ccc(C(=O)c5ccc(NC(=O)c6ccc(C)cc6)cc5)cc4)cc3)c2)cc1C(=O)NC. The molecule has 4 amide bonds. The van der Waals surface area contributed by atoms with E-state index >= 15 is 0 Å². The zero-order chi connectivity index (χ0) is 51.4. The van der Waals surface area contributed by atoms with Gasteiger partial charge in [-0.15, -0.1) is 0 Å². The second-order valence-corrected chi connectivity index (χ2v) is 17.1. The van der Waals surface area contributed by atoms with Crippen LogP contribution in [-0.2, 0) is 19.1 Å². The average Bonchev–Trinajstić information content (AvgIpc) is 3.37. The number of ketones is 3. The fraction of sp³-hybridized carbons (Fsp3) is 0.109. The highest BCUT2D eigenvalue weighted by Gasteiger charge is 2.23. The Hall–Kier alpha value is -9.02. The molecule has 0 radical (unpaired) electrons. The third-order valence-corrected chi connectivity index (χ3v) is 11.5. The molecule has 6 aromatic rings. The van der Waals surface area contributed by atoms with Crippen LogP contribution in [-0.4, -0.2) is 73.2 Å². The van der Waals surface area contributed by atoms with Crippen molar-refractivity contribution in [1.82, 2.24) is 5.32 Å². The average molecular weight is 971 g/mol. The normalized spacial score (nSPS) is 10.5. The molecule has 0 aliphatic heterocycles. The van der Waals surface area contributed by atoms with Crippen LogP contribution in [0, 0.1) is 6.92 Å². The summed E-state index contributed by atoms with van der Waals surface area (Å²) in [5, 5.41) is 10.8. The van der Waals surface area contributed by atoms with Gasteiger partial charge < -0.3 is 30.7 Å². The van der Waals surface area contributed by atoms with Gasteiger partial charge in [-0.3, -0.25) is 33.6 Å². The Morgan fingerprint density at radius 1 is 0.451 bits per heavy atom. The molecule has 6 rings (SSSR count). The first-order valence-corrected chi connectivity index (χ1v) is 22.5. The summed E-state index contributed by atoms with van der Waals surface area (Å²) in [7, 11) is 1.38. The number of anilines is 3. The number of hydrogen-bond donors (Lipinski definition) is 4. The molecule has 15 nitrogen and oxygen atoms in total. The van der Waals surface area contributed by atoms with Gasteiger partial charge in [0.05, 0.1) is 22.3 Å². The van der Waals surface area contributed by atoms with Crippen molar-refractivity contribution in [3.63, 3.8) is 0 Å². The number of Topliss-reactive ketones (excluding diaryl/α,β-unsaturated/α-hetero) is 2. The molecule has 0 aliphatic rings. The third-order valence-electron chi connectivity index (χ3n) is 10.5. The molecule has 0 spiro atoms. The maximum absolute atomic E-state index is 13.9. The topological polar surface area (TPSA) is 220 Å². The highest BCUT2D eigenvalue weighted by atomic mass is 32.2. The molecule has 71 heavy (non-hydrogen) atoms. The van der Waals surface area contributed by atoms with E-state index in [2.05, 4.69) is 34.4 Å². The van der Waals surface area contributed by atoms with Crippen molar-refractivity contribution >= 4 is 81.7 Å². The minimum absolute atomic E-state index is 0.0462. The van der Waals surface area contributed by atoms with Gasteiger partial charge in [-0.05, 0) is 153 Å². The number of carbonyl (C=O) groups excluding carboxylic acids is 9. The van der Waals surface area contributed by atoms with Crippen LogP contribution in [0.1, 0.15) is 97.5 Å². The molecular formula is C55H46N4O11S. The smallest absolute Gasteiger partial charge is 0.339 e. The highest BCUT2D eigenvalue weighted by Crippen LogP contribution is 2.32. The summed E-state index contributed by atoms with van der Waals surface area (Å²) in [6.07, 6.45) is 0. The van der Waals surface area contributed by atoms with E-state index in [-0.39, 0.29) is 56.3 Å². The summed E-state index contributed by atoms with van der Waals surface area (Å²) >= 11 is 1.09. The van der Waals surface area contributed by atoms with Gasteiger partial charge in [-0.1, -0.05) is 42.6 Å². The van der Waals surface area contributed by atoms with Crippen molar-refractivity contribution in [3.05, 3.63) is 208 Å². The number of nitrogens with one attached hydrogen (secondary N) is 4. The summed E-state index contributed by atoms with van der Waals surface area (Å²) in [5.41, 5.74) is 3.67. The van der Waals surface area contributed by atoms with E-state index in [1.54, 1.807) is 60.7 Å². The summed E-state index contributed by atoms with van der Waals surface area (Å²) < 4.78 is 10.3. The van der Waals surface area contributed by atoms with Gasteiger partial charge in [-0.2, -0.15) is 0 Å². The van der Waals surface area contributed by atoms with E-state index in [0.29, 0.717) is 37.9 Å². The van der Waals surface area contributed by atoms with E-state index in [1.165, 1.54) is 81.6 Å². The summed E-state index contributed by atoms with van der Waals surface area (Å²) in [5.74, 6) is -5.23. The van der Waals surface area contributed by atoms with Crippen molar-refractivity contribution < 1.29 is 52.6 Å². The second-order valence-electron chi connectivity index (χ2n) is 15.9. The number of ether oxygens (including phenoxy) is 2. The number of carbonyl (C=O) groups is 9. The van der Waals surface area contributed by atoms with Crippen LogP contribution in [0.5, 0.6) is 0 Å². The number of amides is 4. The van der Waals surface area contributed by atoms with E-state index in [9.17, 15) is 43.2 Å². The number of hydrogen-bond acceptors (Lipinski definition) is 12. The minimum atomic E-state index is -0.962. The predicted octanol–water partition coefficient (Wildman–Crippen LogP) is 9.10. The van der Waals surface area contributed by atoms with E-state index in [4.69, 9.17) is 9.47 Å². The second kappa shape index (κ2) is 23.3. The zero-order valence-corrected chi connectivity index (χ0v) is 39.7. The van der Waals surface area contributed by atoms with Crippen LogP contribution in [0.15, 0.2) is 168 Å². The molecule has 0 heterocycles. The maximum Gasteiger partial charge on any atom is 0.339 e. The fourth-order valence-corrected chi connectivity index (χ4v) is 7.33. The van der Waals surface area contributed by atoms with Crippen LogP contribution >= 0.6 is 11.8 Å². The molecule has 358 valence electrons. The molecule has 0 aliphatic carbocycles. The largest absolute Gasteiger partial charge is 0.454 e. The van der Waals surface area contributed by atoms with Gasteiger partial charge in [0.1, 0.15) is 0 Å². The lowest BCUT2D eigenvalue weighted by Gasteiger charge is -2.13. The molecule has 16 heteroatoms. The molecule has 0 atom stereocenters. The van der Waals surface area contributed by atoms with Crippen molar-refractivity contribution in [2.24, 2.45) is 0 Å². The van der Waals surface area contributed by atoms with Gasteiger partial charge >= 0.3 is 11.9 Å². The Balaban J connectivity index is 1.12. The van der Waals surface area contributed by atoms with E-state index < -0.39 is 54.4 Å². The Morgan fingerprint density at radius 2 is 0.803 bits per heavy atom. The first kappa shape index (κ1) is 51.4. The first-order chi connectivity index (χ1) is 33.9. The molecule has 0 unspecified atom stereocenters.